The van der Waals surface area contributed by atoms with E-state index in [-0.39, 0.29) is 19.3 Å². The van der Waals surface area contributed by atoms with Crippen LogP contribution in [0.25, 0.3) is 0 Å². The lowest BCUT2D eigenvalue weighted by Gasteiger charge is -2.12. The van der Waals surface area contributed by atoms with E-state index in [0.29, 0.717) is 11.3 Å². The molecule has 0 aromatic heterocycles. The quantitative estimate of drug-likeness (QED) is 0.747. The highest BCUT2D eigenvalue weighted by Crippen LogP contribution is 2.14. The second-order valence-electron chi connectivity index (χ2n) is 4.87. The zero-order valence-corrected chi connectivity index (χ0v) is 13.5. The molecule has 0 radical (unpaired) electrons. The van der Waals surface area contributed by atoms with E-state index in [1.54, 1.807) is 25.1 Å². The maximum Gasteiger partial charge on any atom is 0.338 e. The third-order valence-electron chi connectivity index (χ3n) is 2.96. The number of hydrogen-bond acceptors (Lipinski definition) is 5. The molecule has 0 bridgehead atoms. The van der Waals surface area contributed by atoms with Gasteiger partial charge in [-0.05, 0) is 38.5 Å². The number of nitrogens with one attached hydrogen (secondary N) is 2. The summed E-state index contributed by atoms with van der Waals surface area (Å²) in [5.74, 6) is -0.698. The van der Waals surface area contributed by atoms with Gasteiger partial charge in [0.05, 0.1) is 12.2 Å². The first kappa shape index (κ1) is 18.5. The van der Waals surface area contributed by atoms with Gasteiger partial charge in [-0.15, -0.1) is 0 Å². The number of esters is 1. The highest BCUT2D eigenvalue weighted by Gasteiger charge is 2.11. The zero-order chi connectivity index (χ0) is 17.2. The van der Waals surface area contributed by atoms with Crippen LogP contribution in [0.1, 0.15) is 37.6 Å². The maximum absolute atomic E-state index is 11.6. The van der Waals surface area contributed by atoms with Crippen LogP contribution >= 0.6 is 0 Å². The van der Waals surface area contributed by atoms with Crippen LogP contribution in [-0.4, -0.2) is 37.2 Å². The van der Waals surface area contributed by atoms with Crippen LogP contribution in [0.15, 0.2) is 24.3 Å². The molecule has 7 heteroatoms. The first-order valence-corrected chi connectivity index (χ1v) is 7.46. The molecule has 1 rings (SSSR count). The van der Waals surface area contributed by atoms with Crippen molar-refractivity contribution in [3.8, 4) is 5.75 Å². The van der Waals surface area contributed by atoms with Crippen LogP contribution in [0.2, 0.25) is 0 Å². The Morgan fingerprint density at radius 1 is 1.22 bits per heavy atom. The molecular formula is C16H22N2O5. The molecule has 0 unspecified atom stereocenters. The maximum atomic E-state index is 11.6. The van der Waals surface area contributed by atoms with Gasteiger partial charge in [-0.1, -0.05) is 13.0 Å². The van der Waals surface area contributed by atoms with E-state index < -0.39 is 17.9 Å². The van der Waals surface area contributed by atoms with Gasteiger partial charge in [0.25, 0.3) is 5.91 Å². The van der Waals surface area contributed by atoms with E-state index in [2.05, 4.69) is 10.6 Å². The van der Waals surface area contributed by atoms with Crippen molar-refractivity contribution in [3.05, 3.63) is 29.8 Å². The minimum absolute atomic E-state index is 0.0232. The Bertz CT molecular complexity index is 559. The number of carbonyl (C=O) groups excluding carboxylic acids is 3. The van der Waals surface area contributed by atoms with Crippen LogP contribution in [0, 0.1) is 0 Å². The minimum atomic E-state index is -0.577. The zero-order valence-electron chi connectivity index (χ0n) is 13.5. The summed E-state index contributed by atoms with van der Waals surface area (Å²) in [6.45, 7) is 5.42. The van der Waals surface area contributed by atoms with Crippen molar-refractivity contribution in [1.82, 2.24) is 10.6 Å². The molecule has 23 heavy (non-hydrogen) atoms. The summed E-state index contributed by atoms with van der Waals surface area (Å²) in [7, 11) is 0. The van der Waals surface area contributed by atoms with Gasteiger partial charge in [0.1, 0.15) is 5.75 Å². The molecule has 1 atom stereocenters. The molecule has 0 heterocycles. The molecule has 3 amide bonds. The Morgan fingerprint density at radius 2 is 1.96 bits per heavy atom. The van der Waals surface area contributed by atoms with Crippen molar-refractivity contribution in [3.63, 3.8) is 0 Å². The van der Waals surface area contributed by atoms with Crippen LogP contribution in [0.4, 0.5) is 4.79 Å². The molecule has 0 fully saturated rings. The lowest BCUT2D eigenvalue weighted by atomic mass is 10.2. The third kappa shape index (κ3) is 6.82. The molecule has 0 aliphatic carbocycles. The number of ether oxygens (including phenoxy) is 2. The van der Waals surface area contributed by atoms with Crippen LogP contribution in [0.3, 0.4) is 0 Å². The third-order valence-corrected chi connectivity index (χ3v) is 2.96. The molecule has 1 aromatic rings. The summed E-state index contributed by atoms with van der Waals surface area (Å²) in [6, 6.07) is 5.71. The SMILES string of the molecule is CCOC(=O)c1cccc(OCC(=O)NC(=O)N[C@H](C)CC)c1. The fourth-order valence-corrected chi connectivity index (χ4v) is 1.60. The lowest BCUT2D eigenvalue weighted by Crippen LogP contribution is -2.44. The van der Waals surface area contributed by atoms with Crippen LogP contribution in [0.5, 0.6) is 5.75 Å². The Hall–Kier alpha value is -2.57. The molecular weight excluding hydrogens is 300 g/mol. The van der Waals surface area contributed by atoms with Crippen LogP contribution in [-0.2, 0) is 9.53 Å². The van der Waals surface area contributed by atoms with Gasteiger partial charge in [0, 0.05) is 6.04 Å². The average Bonchev–Trinajstić information content (AvgIpc) is 2.53. The van der Waals surface area contributed by atoms with Gasteiger partial charge in [-0.25, -0.2) is 9.59 Å². The fourth-order valence-electron chi connectivity index (χ4n) is 1.60. The van der Waals surface area contributed by atoms with Gasteiger partial charge in [-0.3, -0.25) is 10.1 Å². The van der Waals surface area contributed by atoms with Crippen molar-refractivity contribution in [2.45, 2.75) is 33.2 Å². The Morgan fingerprint density at radius 3 is 2.61 bits per heavy atom. The molecule has 2 N–H and O–H groups in total. The summed E-state index contributed by atoms with van der Waals surface area (Å²) >= 11 is 0. The summed E-state index contributed by atoms with van der Waals surface area (Å²) in [6.07, 6.45) is 0.763. The number of rotatable bonds is 7. The standard InChI is InChI=1S/C16H22N2O5/c1-4-11(3)17-16(21)18-14(19)10-23-13-8-6-7-12(9-13)15(20)22-5-2/h6-9,11H,4-5,10H2,1-3H3,(H2,17,18,19,21)/t11-/m1/s1. The minimum Gasteiger partial charge on any atom is -0.484 e. The number of imide groups is 1. The Balaban J connectivity index is 2.48. The van der Waals surface area contributed by atoms with Gasteiger partial charge < -0.3 is 14.8 Å². The van der Waals surface area contributed by atoms with Gasteiger partial charge >= 0.3 is 12.0 Å². The molecule has 126 valence electrons. The number of urea groups is 1. The van der Waals surface area contributed by atoms with Gasteiger partial charge in [-0.2, -0.15) is 0 Å². The molecule has 0 aliphatic heterocycles. The molecule has 0 saturated carbocycles. The predicted molar refractivity (Wildman–Crippen MR) is 84.3 cm³/mol. The van der Waals surface area contributed by atoms with Crippen molar-refractivity contribution in [1.29, 1.82) is 0 Å². The second kappa shape index (κ2) is 9.45. The summed E-state index contributed by atoms with van der Waals surface area (Å²) < 4.78 is 10.2. The van der Waals surface area contributed by atoms with Crippen molar-refractivity contribution in [2.75, 3.05) is 13.2 Å². The van der Waals surface area contributed by atoms with E-state index in [9.17, 15) is 14.4 Å². The van der Waals surface area contributed by atoms with E-state index in [0.717, 1.165) is 6.42 Å². The summed E-state index contributed by atoms with van der Waals surface area (Å²) in [5.41, 5.74) is 0.333. The largest absolute Gasteiger partial charge is 0.484 e. The van der Waals surface area contributed by atoms with Crippen molar-refractivity contribution in [2.24, 2.45) is 0 Å². The highest BCUT2D eigenvalue weighted by molar-refractivity contribution is 5.95. The number of carbonyl (C=O) groups is 3. The normalized spacial score (nSPS) is 11.3. The second-order valence-corrected chi connectivity index (χ2v) is 4.87. The number of amides is 3. The van der Waals surface area contributed by atoms with E-state index in [4.69, 9.17) is 9.47 Å². The molecule has 1 aromatic carbocycles. The van der Waals surface area contributed by atoms with Gasteiger partial charge in [0.15, 0.2) is 6.61 Å². The Kier molecular flexibility index (Phi) is 7.59. The monoisotopic (exact) mass is 322 g/mol. The van der Waals surface area contributed by atoms with Gasteiger partial charge in [0.2, 0.25) is 0 Å². The van der Waals surface area contributed by atoms with Crippen molar-refractivity contribution < 1.29 is 23.9 Å². The number of hydrogen-bond donors (Lipinski definition) is 2. The fraction of sp³-hybridized carbons (Fsp3) is 0.438. The highest BCUT2D eigenvalue weighted by atomic mass is 16.5. The molecule has 7 nitrogen and oxygen atoms in total. The molecule has 0 spiro atoms. The molecule has 0 saturated heterocycles. The summed E-state index contributed by atoms with van der Waals surface area (Å²) in [4.78, 5) is 34.7. The average molecular weight is 322 g/mol. The van der Waals surface area contributed by atoms with E-state index in [1.807, 2.05) is 13.8 Å². The smallest absolute Gasteiger partial charge is 0.338 e. The van der Waals surface area contributed by atoms with Crippen molar-refractivity contribution >= 4 is 17.9 Å². The first-order chi connectivity index (χ1) is 11.0. The lowest BCUT2D eigenvalue weighted by molar-refractivity contribution is -0.122. The first-order valence-electron chi connectivity index (χ1n) is 7.46. The summed E-state index contributed by atoms with van der Waals surface area (Å²) in [5, 5.41) is 4.78. The Labute approximate surface area is 135 Å². The predicted octanol–water partition coefficient (Wildman–Crippen LogP) is 1.87. The van der Waals surface area contributed by atoms with E-state index in [1.165, 1.54) is 6.07 Å². The number of benzene rings is 1. The van der Waals surface area contributed by atoms with E-state index >= 15 is 0 Å². The topological polar surface area (TPSA) is 93.7 Å². The van der Waals surface area contributed by atoms with Crippen LogP contribution < -0.4 is 15.4 Å². The molecule has 0 aliphatic rings.